The van der Waals surface area contributed by atoms with E-state index in [9.17, 15) is 23.5 Å². The molecule has 4 heterocycles. The van der Waals surface area contributed by atoms with E-state index >= 15 is 8.78 Å². The summed E-state index contributed by atoms with van der Waals surface area (Å²) in [5.41, 5.74) is 0.834. The fourth-order valence-electron chi connectivity index (χ4n) is 4.59. The summed E-state index contributed by atoms with van der Waals surface area (Å²) in [6.07, 6.45) is 0.155. The number of pyridine rings is 1. The number of carboxylic acid groups (broad SMARTS) is 1. The average Bonchev–Trinajstić information content (AvgIpc) is 3.13. The summed E-state index contributed by atoms with van der Waals surface area (Å²) in [6.45, 7) is 0.698. The van der Waals surface area contributed by atoms with Gasteiger partial charge in [0.1, 0.15) is 17.3 Å². The van der Waals surface area contributed by atoms with E-state index in [2.05, 4.69) is 4.98 Å². The second-order valence-electron chi connectivity index (χ2n) is 9.10. The van der Waals surface area contributed by atoms with E-state index in [0.29, 0.717) is 11.3 Å². The van der Waals surface area contributed by atoms with Gasteiger partial charge < -0.3 is 24.0 Å². The molecule has 0 spiro atoms. The van der Waals surface area contributed by atoms with Crippen LogP contribution in [0.15, 0.2) is 30.5 Å². The first-order chi connectivity index (χ1) is 17.0. The van der Waals surface area contributed by atoms with Gasteiger partial charge in [-0.25, -0.2) is 27.3 Å². The van der Waals surface area contributed by atoms with Crippen LogP contribution < -0.4 is 0 Å². The number of carbonyl (C=O) groups excluding carboxylic acids is 1. The van der Waals surface area contributed by atoms with Crippen molar-refractivity contribution in [3.8, 4) is 11.3 Å². The monoisotopic (exact) mass is 506 g/mol. The standard InChI is InChI=1S/C24H22F4N4O4/c1-13-2-3-32-18(9-15-10-30(23(34)35)4-5-36-15)21(29-19(32)6-13)20-16(25)7-14(8-17(20)26)22(33)31-11-24(27,28)12-31/h2-3,6-8,15H,4-5,9-12H2,1H3,(H,34,35). The van der Waals surface area contributed by atoms with Gasteiger partial charge in [-0.2, -0.15) is 0 Å². The molecule has 8 nitrogen and oxygen atoms in total. The lowest BCUT2D eigenvalue weighted by atomic mass is 10.0. The molecule has 5 rings (SSSR count). The summed E-state index contributed by atoms with van der Waals surface area (Å²) in [5, 5.41) is 9.33. The molecule has 2 aliphatic rings. The Bertz CT molecular complexity index is 1340. The highest BCUT2D eigenvalue weighted by atomic mass is 19.3. The van der Waals surface area contributed by atoms with E-state index < -0.39 is 54.3 Å². The molecule has 36 heavy (non-hydrogen) atoms. The van der Waals surface area contributed by atoms with Crippen LogP contribution in [0, 0.1) is 18.6 Å². The maximum Gasteiger partial charge on any atom is 0.407 e. The summed E-state index contributed by atoms with van der Waals surface area (Å²) in [5.74, 6) is -6.03. The van der Waals surface area contributed by atoms with Gasteiger partial charge in [-0.1, -0.05) is 0 Å². The first kappa shape index (κ1) is 24.0. The highest BCUT2D eigenvalue weighted by Gasteiger charge is 2.46. The van der Waals surface area contributed by atoms with Crippen molar-refractivity contribution in [2.24, 2.45) is 0 Å². The molecular formula is C24H22F4N4O4. The number of aromatic nitrogens is 2. The van der Waals surface area contributed by atoms with Crippen LogP contribution in [-0.4, -0.2) is 81.1 Å². The fraction of sp³-hybridized carbons (Fsp3) is 0.375. The summed E-state index contributed by atoms with van der Waals surface area (Å²) in [6, 6.07) is 5.17. The van der Waals surface area contributed by atoms with Crippen molar-refractivity contribution in [2.45, 2.75) is 25.4 Å². The van der Waals surface area contributed by atoms with Crippen molar-refractivity contribution in [1.29, 1.82) is 0 Å². The van der Waals surface area contributed by atoms with Crippen LogP contribution in [0.5, 0.6) is 0 Å². The van der Waals surface area contributed by atoms with Gasteiger partial charge in [0.25, 0.3) is 11.8 Å². The number of hydrogen-bond donors (Lipinski definition) is 1. The Balaban J connectivity index is 1.53. The molecule has 2 fully saturated rings. The number of ether oxygens (including phenoxy) is 1. The first-order valence-electron chi connectivity index (χ1n) is 11.3. The number of alkyl halides is 2. The number of rotatable bonds is 4. The predicted molar refractivity (Wildman–Crippen MR) is 119 cm³/mol. The molecule has 1 aromatic carbocycles. The highest BCUT2D eigenvalue weighted by Crippen LogP contribution is 2.34. The van der Waals surface area contributed by atoms with Crippen molar-refractivity contribution >= 4 is 17.6 Å². The third-order valence-corrected chi connectivity index (χ3v) is 6.37. The van der Waals surface area contributed by atoms with Crippen LogP contribution in [0.4, 0.5) is 22.4 Å². The Kier molecular flexibility index (Phi) is 5.86. The van der Waals surface area contributed by atoms with Gasteiger partial charge >= 0.3 is 6.09 Å². The third-order valence-electron chi connectivity index (χ3n) is 6.37. The van der Waals surface area contributed by atoms with Gasteiger partial charge in [0, 0.05) is 24.7 Å². The van der Waals surface area contributed by atoms with E-state index in [-0.39, 0.29) is 37.4 Å². The van der Waals surface area contributed by atoms with Crippen molar-refractivity contribution in [3.63, 3.8) is 0 Å². The number of amides is 2. The molecule has 0 saturated carbocycles. The van der Waals surface area contributed by atoms with Crippen LogP contribution in [0.1, 0.15) is 21.6 Å². The van der Waals surface area contributed by atoms with Gasteiger partial charge in [0.05, 0.1) is 49.3 Å². The van der Waals surface area contributed by atoms with Gasteiger partial charge in [0.2, 0.25) is 0 Å². The molecule has 0 aliphatic carbocycles. The Labute approximate surface area is 202 Å². The number of hydrogen-bond acceptors (Lipinski definition) is 4. The van der Waals surface area contributed by atoms with E-state index in [1.165, 1.54) is 4.90 Å². The Morgan fingerprint density at radius 1 is 1.17 bits per heavy atom. The average molecular weight is 506 g/mol. The summed E-state index contributed by atoms with van der Waals surface area (Å²) < 4.78 is 64.3. The Morgan fingerprint density at radius 2 is 1.86 bits per heavy atom. The lowest BCUT2D eigenvalue weighted by Gasteiger charge is -2.38. The number of benzene rings is 1. The van der Waals surface area contributed by atoms with E-state index in [1.807, 2.05) is 6.92 Å². The zero-order chi connectivity index (χ0) is 25.8. The van der Waals surface area contributed by atoms with Gasteiger partial charge in [0.15, 0.2) is 0 Å². The fourth-order valence-corrected chi connectivity index (χ4v) is 4.59. The van der Waals surface area contributed by atoms with E-state index in [1.54, 1.807) is 22.7 Å². The zero-order valence-corrected chi connectivity index (χ0v) is 19.2. The molecule has 1 N–H and O–H groups in total. The number of aryl methyl sites for hydroxylation is 1. The minimum Gasteiger partial charge on any atom is -0.465 e. The summed E-state index contributed by atoms with van der Waals surface area (Å²) in [7, 11) is 0. The van der Waals surface area contributed by atoms with Crippen molar-refractivity contribution < 1.29 is 37.0 Å². The third kappa shape index (κ3) is 4.36. The minimum absolute atomic E-state index is 0.0128. The van der Waals surface area contributed by atoms with Crippen LogP contribution in [0.25, 0.3) is 16.9 Å². The Hall–Kier alpha value is -3.67. The smallest absolute Gasteiger partial charge is 0.407 e. The van der Waals surface area contributed by atoms with Gasteiger partial charge in [-0.3, -0.25) is 4.79 Å². The lowest BCUT2D eigenvalue weighted by molar-refractivity contribution is -0.113. The molecule has 2 amide bonds. The number of halogens is 4. The van der Waals surface area contributed by atoms with Crippen LogP contribution in [0.2, 0.25) is 0 Å². The summed E-state index contributed by atoms with van der Waals surface area (Å²) >= 11 is 0. The van der Waals surface area contributed by atoms with E-state index in [4.69, 9.17) is 4.74 Å². The normalized spacial score (nSPS) is 19.4. The number of imidazole rings is 1. The molecule has 2 aliphatic heterocycles. The number of nitrogens with zero attached hydrogens (tertiary/aromatic N) is 4. The molecule has 3 aromatic rings. The molecule has 1 unspecified atom stereocenters. The SMILES string of the molecule is Cc1ccn2c(CC3CN(C(=O)O)CCO3)c(-c3c(F)cc(C(=O)N4CC(F)(F)C4)cc3F)nc2c1. The van der Waals surface area contributed by atoms with Crippen LogP contribution in [0.3, 0.4) is 0 Å². The largest absolute Gasteiger partial charge is 0.465 e. The predicted octanol–water partition coefficient (Wildman–Crippen LogP) is 3.60. The molecule has 0 radical (unpaired) electrons. The van der Waals surface area contributed by atoms with Crippen LogP contribution >= 0.6 is 0 Å². The zero-order valence-electron chi connectivity index (χ0n) is 19.2. The highest BCUT2D eigenvalue weighted by molar-refractivity contribution is 5.95. The number of fused-ring (bicyclic) bond motifs is 1. The lowest BCUT2D eigenvalue weighted by Crippen LogP contribution is -2.58. The van der Waals surface area contributed by atoms with Gasteiger partial charge in [-0.15, -0.1) is 0 Å². The quantitative estimate of drug-likeness (QED) is 0.547. The van der Waals surface area contributed by atoms with Crippen LogP contribution in [-0.2, 0) is 11.2 Å². The number of morpholine rings is 1. The minimum atomic E-state index is -3.01. The summed E-state index contributed by atoms with van der Waals surface area (Å²) in [4.78, 5) is 30.3. The molecular weight excluding hydrogens is 484 g/mol. The van der Waals surface area contributed by atoms with E-state index in [0.717, 1.165) is 22.6 Å². The molecule has 1 atom stereocenters. The number of carbonyl (C=O) groups is 2. The van der Waals surface area contributed by atoms with Crippen molar-refractivity contribution in [3.05, 3.63) is 58.9 Å². The molecule has 190 valence electrons. The maximum atomic E-state index is 15.3. The maximum absolute atomic E-state index is 15.3. The second kappa shape index (κ2) is 8.77. The second-order valence-corrected chi connectivity index (χ2v) is 9.10. The number of likely N-dealkylation sites (tertiary alicyclic amines) is 1. The molecule has 2 saturated heterocycles. The molecule has 0 bridgehead atoms. The topological polar surface area (TPSA) is 87.4 Å². The van der Waals surface area contributed by atoms with Crippen molar-refractivity contribution in [1.82, 2.24) is 19.2 Å². The molecule has 12 heteroatoms. The Morgan fingerprint density at radius 3 is 2.50 bits per heavy atom. The molecule has 2 aromatic heterocycles. The van der Waals surface area contributed by atoms with Gasteiger partial charge in [-0.05, 0) is 36.8 Å². The van der Waals surface area contributed by atoms with Crippen molar-refractivity contribution in [2.75, 3.05) is 32.8 Å². The first-order valence-corrected chi connectivity index (χ1v) is 11.3.